The molecule has 0 aliphatic heterocycles. The number of carbonyl (C=O) groups is 1. The molecular weight excluding hydrogens is 301 g/mol. The molecular formula is C14H6Cl2NO3-. The predicted molar refractivity (Wildman–Crippen MR) is 72.8 cm³/mol. The molecule has 100 valence electrons. The van der Waals surface area contributed by atoms with E-state index < -0.39 is 11.5 Å². The van der Waals surface area contributed by atoms with E-state index in [-0.39, 0.29) is 5.76 Å². The minimum absolute atomic E-state index is 0.215. The smallest absolute Gasteiger partial charge is 0.136 e. The highest BCUT2D eigenvalue weighted by Crippen LogP contribution is 2.31. The standard InChI is InChI=1S/C14H7Cl2NO3/c15-9-1-3-11(12(16)6-9)13-4-2-10(20-13)5-8(7-17)14(18)19/h1-6H,(H,18,19)/p-1/b8-5-. The maximum absolute atomic E-state index is 10.6. The predicted octanol–water partition coefficient (Wildman–Crippen LogP) is 2.91. The number of nitrogens with zero attached hydrogens (tertiary/aromatic N) is 1. The van der Waals surface area contributed by atoms with Crippen LogP contribution >= 0.6 is 23.2 Å². The van der Waals surface area contributed by atoms with E-state index in [1.54, 1.807) is 24.3 Å². The fourth-order valence-corrected chi connectivity index (χ4v) is 2.05. The van der Waals surface area contributed by atoms with Gasteiger partial charge in [-0.2, -0.15) is 5.26 Å². The highest BCUT2D eigenvalue weighted by molar-refractivity contribution is 6.36. The van der Waals surface area contributed by atoms with Gasteiger partial charge in [0.1, 0.15) is 17.6 Å². The fourth-order valence-electron chi connectivity index (χ4n) is 1.54. The highest BCUT2D eigenvalue weighted by Gasteiger charge is 2.09. The summed E-state index contributed by atoms with van der Waals surface area (Å²) in [6.45, 7) is 0. The molecule has 0 unspecified atom stereocenters. The van der Waals surface area contributed by atoms with Crippen molar-refractivity contribution in [1.29, 1.82) is 5.26 Å². The molecule has 0 aliphatic carbocycles. The highest BCUT2D eigenvalue weighted by atomic mass is 35.5. The molecule has 0 bridgehead atoms. The number of halogens is 2. The molecule has 0 aliphatic rings. The Hall–Kier alpha value is -2.22. The van der Waals surface area contributed by atoms with Gasteiger partial charge in [0, 0.05) is 16.7 Å². The Kier molecular flexibility index (Phi) is 4.14. The van der Waals surface area contributed by atoms with Crippen LogP contribution in [0.2, 0.25) is 10.0 Å². The van der Waals surface area contributed by atoms with Gasteiger partial charge in [0.05, 0.1) is 16.6 Å². The zero-order chi connectivity index (χ0) is 14.7. The number of benzene rings is 1. The molecule has 2 rings (SSSR count). The molecule has 0 saturated heterocycles. The van der Waals surface area contributed by atoms with Crippen LogP contribution in [0.5, 0.6) is 0 Å². The third-order valence-electron chi connectivity index (χ3n) is 2.45. The quantitative estimate of drug-likeness (QED) is 0.645. The summed E-state index contributed by atoms with van der Waals surface area (Å²) < 4.78 is 5.43. The Labute approximate surface area is 124 Å². The lowest BCUT2D eigenvalue weighted by atomic mass is 10.2. The van der Waals surface area contributed by atoms with Gasteiger partial charge in [0.2, 0.25) is 0 Å². The molecule has 20 heavy (non-hydrogen) atoms. The van der Waals surface area contributed by atoms with Gasteiger partial charge in [-0.15, -0.1) is 0 Å². The molecule has 1 heterocycles. The summed E-state index contributed by atoms with van der Waals surface area (Å²) in [5, 5.41) is 20.2. The van der Waals surface area contributed by atoms with E-state index in [4.69, 9.17) is 32.9 Å². The van der Waals surface area contributed by atoms with Crippen molar-refractivity contribution >= 4 is 35.2 Å². The Balaban J connectivity index is 2.39. The van der Waals surface area contributed by atoms with E-state index in [2.05, 4.69) is 0 Å². The number of carboxylic acids is 1. The van der Waals surface area contributed by atoms with E-state index in [1.807, 2.05) is 0 Å². The number of rotatable bonds is 3. The first kappa shape index (κ1) is 14.2. The monoisotopic (exact) mass is 306 g/mol. The van der Waals surface area contributed by atoms with Crippen molar-refractivity contribution in [2.45, 2.75) is 0 Å². The third kappa shape index (κ3) is 3.02. The largest absolute Gasteiger partial charge is 0.544 e. The van der Waals surface area contributed by atoms with Crippen LogP contribution in [-0.2, 0) is 4.79 Å². The zero-order valence-corrected chi connectivity index (χ0v) is 11.4. The van der Waals surface area contributed by atoms with Gasteiger partial charge in [0.25, 0.3) is 0 Å². The van der Waals surface area contributed by atoms with Crippen molar-refractivity contribution in [2.24, 2.45) is 0 Å². The van der Waals surface area contributed by atoms with Gasteiger partial charge in [-0.05, 0) is 30.3 Å². The molecule has 0 spiro atoms. The van der Waals surface area contributed by atoms with Crippen molar-refractivity contribution in [3.05, 3.63) is 51.7 Å². The molecule has 6 heteroatoms. The number of hydrogen-bond donors (Lipinski definition) is 0. The zero-order valence-electron chi connectivity index (χ0n) is 9.89. The first-order valence-corrected chi connectivity index (χ1v) is 6.15. The maximum Gasteiger partial charge on any atom is 0.136 e. The van der Waals surface area contributed by atoms with Crippen molar-refractivity contribution in [1.82, 2.24) is 0 Å². The minimum Gasteiger partial charge on any atom is -0.544 e. The second-order valence-electron chi connectivity index (χ2n) is 3.78. The van der Waals surface area contributed by atoms with Crippen LogP contribution in [-0.4, -0.2) is 5.97 Å². The number of aliphatic carboxylic acids is 1. The van der Waals surface area contributed by atoms with Crippen molar-refractivity contribution < 1.29 is 14.3 Å². The molecule has 4 nitrogen and oxygen atoms in total. The molecule has 0 saturated carbocycles. The molecule has 0 N–H and O–H groups in total. The Morgan fingerprint density at radius 2 is 2.05 bits per heavy atom. The summed E-state index contributed by atoms with van der Waals surface area (Å²) in [6.07, 6.45) is 1.09. The van der Waals surface area contributed by atoms with Crippen molar-refractivity contribution in [3.8, 4) is 17.4 Å². The molecule has 0 fully saturated rings. The Bertz CT molecular complexity index is 741. The summed E-state index contributed by atoms with van der Waals surface area (Å²) in [4.78, 5) is 10.6. The normalized spacial score (nSPS) is 11.2. The first-order valence-electron chi connectivity index (χ1n) is 5.39. The Morgan fingerprint density at radius 1 is 1.30 bits per heavy atom. The average molecular weight is 307 g/mol. The topological polar surface area (TPSA) is 77.1 Å². The second kappa shape index (κ2) is 5.83. The molecule has 2 aromatic rings. The van der Waals surface area contributed by atoms with Gasteiger partial charge in [-0.3, -0.25) is 0 Å². The van der Waals surface area contributed by atoms with E-state index >= 15 is 0 Å². The van der Waals surface area contributed by atoms with Gasteiger partial charge in [-0.1, -0.05) is 23.2 Å². The molecule has 0 radical (unpaired) electrons. The van der Waals surface area contributed by atoms with Crippen LogP contribution < -0.4 is 5.11 Å². The summed E-state index contributed by atoms with van der Waals surface area (Å²) in [5.41, 5.74) is 0.0933. The molecule has 1 aromatic heterocycles. The lowest BCUT2D eigenvalue weighted by Crippen LogP contribution is -2.23. The van der Waals surface area contributed by atoms with E-state index in [9.17, 15) is 9.90 Å². The number of hydrogen-bond acceptors (Lipinski definition) is 4. The van der Waals surface area contributed by atoms with E-state index in [0.29, 0.717) is 21.4 Å². The number of carbonyl (C=O) groups excluding carboxylic acids is 1. The lowest BCUT2D eigenvalue weighted by Gasteiger charge is -2.01. The van der Waals surface area contributed by atoms with Crippen molar-refractivity contribution in [3.63, 3.8) is 0 Å². The summed E-state index contributed by atoms with van der Waals surface area (Å²) in [5.74, 6) is -0.907. The van der Waals surface area contributed by atoms with Crippen LogP contribution in [0, 0.1) is 11.3 Å². The van der Waals surface area contributed by atoms with Crippen LogP contribution in [0.25, 0.3) is 17.4 Å². The molecule has 1 aromatic carbocycles. The minimum atomic E-state index is -1.56. The van der Waals surface area contributed by atoms with Gasteiger partial charge in [-0.25, -0.2) is 0 Å². The van der Waals surface area contributed by atoms with Gasteiger partial charge < -0.3 is 14.3 Å². The SMILES string of the molecule is N#C/C(=C/c1ccc(-c2ccc(Cl)cc2Cl)o1)C(=O)[O-]. The third-order valence-corrected chi connectivity index (χ3v) is 3.00. The van der Waals surface area contributed by atoms with Crippen LogP contribution in [0.1, 0.15) is 5.76 Å². The van der Waals surface area contributed by atoms with Crippen LogP contribution in [0.15, 0.2) is 40.3 Å². The first-order chi connectivity index (χ1) is 9.51. The second-order valence-corrected chi connectivity index (χ2v) is 4.63. The fraction of sp³-hybridized carbons (Fsp3) is 0. The average Bonchev–Trinajstić information content (AvgIpc) is 2.83. The number of furan rings is 1. The Morgan fingerprint density at radius 3 is 2.65 bits per heavy atom. The number of nitriles is 1. The van der Waals surface area contributed by atoms with E-state index in [0.717, 1.165) is 6.08 Å². The van der Waals surface area contributed by atoms with E-state index in [1.165, 1.54) is 12.1 Å². The van der Waals surface area contributed by atoms with Gasteiger partial charge >= 0.3 is 0 Å². The summed E-state index contributed by atoms with van der Waals surface area (Å²) in [7, 11) is 0. The van der Waals surface area contributed by atoms with Crippen LogP contribution in [0.3, 0.4) is 0 Å². The summed E-state index contributed by atoms with van der Waals surface area (Å²) in [6, 6.07) is 9.56. The maximum atomic E-state index is 10.6. The summed E-state index contributed by atoms with van der Waals surface area (Å²) >= 11 is 11.8. The van der Waals surface area contributed by atoms with Crippen LogP contribution in [0.4, 0.5) is 0 Å². The number of carboxylic acid groups (broad SMARTS) is 1. The molecule has 0 amide bonds. The molecule has 0 atom stereocenters. The van der Waals surface area contributed by atoms with Crippen molar-refractivity contribution in [2.75, 3.05) is 0 Å². The lowest BCUT2D eigenvalue weighted by molar-refractivity contribution is -0.298. The van der Waals surface area contributed by atoms with Gasteiger partial charge in [0.15, 0.2) is 0 Å².